The molecule has 1 aromatic rings. The largest absolute Gasteiger partial charge is 0.351 e. The summed E-state index contributed by atoms with van der Waals surface area (Å²) in [4.78, 5) is 11.3. The third-order valence-electron chi connectivity index (χ3n) is 3.42. The van der Waals surface area contributed by atoms with Gasteiger partial charge < -0.3 is 5.32 Å². The number of carbonyl (C=O) groups is 1. The van der Waals surface area contributed by atoms with Gasteiger partial charge in [-0.2, -0.15) is 0 Å². The van der Waals surface area contributed by atoms with E-state index in [4.69, 9.17) is 0 Å². The minimum absolute atomic E-state index is 0.0393. The van der Waals surface area contributed by atoms with Crippen LogP contribution in [0.1, 0.15) is 37.8 Å². The molecule has 1 fully saturated rings. The minimum atomic E-state index is -0.0393. The second-order valence-electron chi connectivity index (χ2n) is 4.91. The second-order valence-corrected chi connectivity index (χ2v) is 4.91. The van der Waals surface area contributed by atoms with E-state index in [0.717, 1.165) is 19.3 Å². The Balaban J connectivity index is 2.17. The zero-order valence-electron chi connectivity index (χ0n) is 10.0. The molecule has 1 atom stereocenters. The van der Waals surface area contributed by atoms with Gasteiger partial charge in [-0.25, -0.2) is 0 Å². The smallest absolute Gasteiger partial charge is 0.220 e. The number of hydrogen-bond acceptors (Lipinski definition) is 1. The Morgan fingerprint density at radius 2 is 2.00 bits per heavy atom. The van der Waals surface area contributed by atoms with Crippen molar-refractivity contribution in [1.82, 2.24) is 5.32 Å². The summed E-state index contributed by atoms with van der Waals surface area (Å²) in [6.45, 7) is 4.32. The second kappa shape index (κ2) is 4.28. The standard InChI is InChI=1S/C14H19NO/c1-3-11-6-4-5-7-12(11)10-14(2)9-8-13(16)15-14/h4-7H,3,8-10H2,1-2H3,(H,15,16). The monoisotopic (exact) mass is 217 g/mol. The summed E-state index contributed by atoms with van der Waals surface area (Å²) < 4.78 is 0. The van der Waals surface area contributed by atoms with Crippen molar-refractivity contribution >= 4 is 5.91 Å². The van der Waals surface area contributed by atoms with Crippen molar-refractivity contribution in [3.63, 3.8) is 0 Å². The van der Waals surface area contributed by atoms with E-state index < -0.39 is 0 Å². The Hall–Kier alpha value is -1.31. The first-order valence-corrected chi connectivity index (χ1v) is 6.01. The van der Waals surface area contributed by atoms with Crippen LogP contribution < -0.4 is 5.32 Å². The van der Waals surface area contributed by atoms with Crippen LogP contribution in [-0.4, -0.2) is 11.4 Å². The Morgan fingerprint density at radius 3 is 2.56 bits per heavy atom. The molecule has 1 aliphatic heterocycles. The molecule has 86 valence electrons. The van der Waals surface area contributed by atoms with Crippen molar-refractivity contribution in [1.29, 1.82) is 0 Å². The quantitative estimate of drug-likeness (QED) is 0.828. The lowest BCUT2D eigenvalue weighted by Crippen LogP contribution is -2.40. The van der Waals surface area contributed by atoms with Gasteiger partial charge >= 0.3 is 0 Å². The molecule has 0 radical (unpaired) electrons. The first-order chi connectivity index (χ1) is 7.63. The highest BCUT2D eigenvalue weighted by Gasteiger charge is 2.33. The molecule has 1 unspecified atom stereocenters. The molecule has 0 spiro atoms. The number of amides is 1. The number of carbonyl (C=O) groups excluding carboxylic acids is 1. The van der Waals surface area contributed by atoms with Gasteiger partial charge in [-0.3, -0.25) is 4.79 Å². The number of benzene rings is 1. The normalized spacial score (nSPS) is 24.5. The fourth-order valence-electron chi connectivity index (χ4n) is 2.48. The number of rotatable bonds is 3. The van der Waals surface area contributed by atoms with Crippen LogP contribution in [-0.2, 0) is 17.6 Å². The highest BCUT2D eigenvalue weighted by Crippen LogP contribution is 2.25. The zero-order chi connectivity index (χ0) is 11.6. The predicted octanol–water partition coefficient (Wildman–Crippen LogP) is 2.46. The predicted molar refractivity (Wildman–Crippen MR) is 65.3 cm³/mol. The third-order valence-corrected chi connectivity index (χ3v) is 3.42. The van der Waals surface area contributed by atoms with E-state index in [0.29, 0.717) is 6.42 Å². The molecule has 0 aromatic heterocycles. The van der Waals surface area contributed by atoms with Gasteiger partial charge in [-0.05, 0) is 37.3 Å². The molecule has 1 heterocycles. The molecule has 0 aliphatic carbocycles. The van der Waals surface area contributed by atoms with Crippen molar-refractivity contribution in [2.45, 2.75) is 45.1 Å². The van der Waals surface area contributed by atoms with Gasteiger partial charge in [0, 0.05) is 12.0 Å². The van der Waals surface area contributed by atoms with Gasteiger partial charge in [0.2, 0.25) is 5.91 Å². The lowest BCUT2D eigenvalue weighted by molar-refractivity contribution is -0.119. The van der Waals surface area contributed by atoms with Crippen LogP contribution in [0.25, 0.3) is 0 Å². The maximum Gasteiger partial charge on any atom is 0.220 e. The summed E-state index contributed by atoms with van der Waals surface area (Å²) in [6, 6.07) is 8.51. The molecule has 1 aliphatic rings. The third kappa shape index (κ3) is 2.26. The first-order valence-electron chi connectivity index (χ1n) is 6.01. The maximum atomic E-state index is 11.3. The summed E-state index contributed by atoms with van der Waals surface area (Å²) in [5, 5.41) is 3.09. The van der Waals surface area contributed by atoms with Crippen molar-refractivity contribution in [2.24, 2.45) is 0 Å². The fourth-order valence-corrected chi connectivity index (χ4v) is 2.48. The highest BCUT2D eigenvalue weighted by molar-refractivity contribution is 5.79. The van der Waals surface area contributed by atoms with Crippen LogP contribution in [0.4, 0.5) is 0 Å². The molecule has 1 aromatic carbocycles. The molecule has 2 nitrogen and oxygen atoms in total. The topological polar surface area (TPSA) is 29.1 Å². The van der Waals surface area contributed by atoms with Crippen molar-refractivity contribution in [2.75, 3.05) is 0 Å². The van der Waals surface area contributed by atoms with Crippen LogP contribution in [0, 0.1) is 0 Å². The molecule has 0 bridgehead atoms. The van der Waals surface area contributed by atoms with Gasteiger partial charge in [0.15, 0.2) is 0 Å². The van der Waals surface area contributed by atoms with Crippen LogP contribution >= 0.6 is 0 Å². The summed E-state index contributed by atoms with van der Waals surface area (Å²) in [7, 11) is 0. The van der Waals surface area contributed by atoms with Crippen LogP contribution in [0.3, 0.4) is 0 Å². The molecule has 2 rings (SSSR count). The zero-order valence-corrected chi connectivity index (χ0v) is 10.0. The number of hydrogen-bond donors (Lipinski definition) is 1. The van der Waals surface area contributed by atoms with Gasteiger partial charge in [0.05, 0.1) is 0 Å². The van der Waals surface area contributed by atoms with E-state index in [1.165, 1.54) is 11.1 Å². The summed E-state index contributed by atoms with van der Waals surface area (Å²) in [5.41, 5.74) is 2.72. The van der Waals surface area contributed by atoms with E-state index in [1.54, 1.807) is 0 Å². The Morgan fingerprint density at radius 1 is 1.31 bits per heavy atom. The van der Waals surface area contributed by atoms with E-state index >= 15 is 0 Å². The molecule has 0 saturated carbocycles. The Labute approximate surface area is 97.1 Å². The molecular formula is C14H19NO. The van der Waals surface area contributed by atoms with Crippen LogP contribution in [0.5, 0.6) is 0 Å². The lowest BCUT2D eigenvalue weighted by Gasteiger charge is -2.25. The minimum Gasteiger partial charge on any atom is -0.351 e. The molecule has 1 N–H and O–H groups in total. The highest BCUT2D eigenvalue weighted by atomic mass is 16.2. The van der Waals surface area contributed by atoms with Gasteiger partial charge in [0.1, 0.15) is 0 Å². The molecular weight excluding hydrogens is 198 g/mol. The number of nitrogens with one attached hydrogen (secondary N) is 1. The van der Waals surface area contributed by atoms with Crippen LogP contribution in [0.15, 0.2) is 24.3 Å². The van der Waals surface area contributed by atoms with E-state index in [-0.39, 0.29) is 11.4 Å². The average Bonchev–Trinajstić information content (AvgIpc) is 2.59. The van der Waals surface area contributed by atoms with Gasteiger partial charge in [-0.1, -0.05) is 31.2 Å². The molecule has 1 saturated heterocycles. The Bertz CT molecular complexity index is 399. The fraction of sp³-hybridized carbons (Fsp3) is 0.500. The first kappa shape index (κ1) is 11.2. The van der Waals surface area contributed by atoms with Crippen LogP contribution in [0.2, 0.25) is 0 Å². The average molecular weight is 217 g/mol. The SMILES string of the molecule is CCc1ccccc1CC1(C)CCC(=O)N1. The van der Waals surface area contributed by atoms with Crippen molar-refractivity contribution < 1.29 is 4.79 Å². The molecule has 1 amide bonds. The van der Waals surface area contributed by atoms with E-state index in [9.17, 15) is 4.79 Å². The molecule has 2 heteroatoms. The maximum absolute atomic E-state index is 11.3. The van der Waals surface area contributed by atoms with Gasteiger partial charge in [0.25, 0.3) is 0 Å². The van der Waals surface area contributed by atoms with E-state index in [1.807, 2.05) is 0 Å². The van der Waals surface area contributed by atoms with Crippen molar-refractivity contribution in [3.05, 3.63) is 35.4 Å². The summed E-state index contributed by atoms with van der Waals surface area (Å²) in [6.07, 6.45) is 3.62. The van der Waals surface area contributed by atoms with Gasteiger partial charge in [-0.15, -0.1) is 0 Å². The Kier molecular flexibility index (Phi) is 2.99. The molecule has 16 heavy (non-hydrogen) atoms. The number of aryl methyl sites for hydroxylation is 1. The van der Waals surface area contributed by atoms with E-state index in [2.05, 4.69) is 43.4 Å². The van der Waals surface area contributed by atoms with Crippen molar-refractivity contribution in [3.8, 4) is 0 Å². The summed E-state index contributed by atoms with van der Waals surface area (Å²) in [5.74, 6) is 0.191. The summed E-state index contributed by atoms with van der Waals surface area (Å²) >= 11 is 0. The lowest BCUT2D eigenvalue weighted by atomic mass is 9.88.